The van der Waals surface area contributed by atoms with Gasteiger partial charge in [0.1, 0.15) is 0 Å². The molecular formula is C27H33GeO3. The summed E-state index contributed by atoms with van der Waals surface area (Å²) in [5.41, 5.74) is 3.87. The Bertz CT molecular complexity index is 819. The fourth-order valence-electron chi connectivity index (χ4n) is 3.74. The summed E-state index contributed by atoms with van der Waals surface area (Å²) in [5, 5.41) is 0. The minimum absolute atomic E-state index is 0.643. The molecule has 163 valence electrons. The molecule has 0 aliphatic heterocycles. The molecule has 0 amide bonds. The van der Waals surface area contributed by atoms with Crippen molar-refractivity contribution in [2.24, 2.45) is 0 Å². The van der Waals surface area contributed by atoms with Gasteiger partial charge >= 0.3 is 192 Å². The van der Waals surface area contributed by atoms with Crippen molar-refractivity contribution in [3.05, 3.63) is 89.5 Å². The van der Waals surface area contributed by atoms with Crippen LogP contribution in [-0.2, 0) is 34.0 Å². The third kappa shape index (κ3) is 6.30. The third-order valence-electron chi connectivity index (χ3n) is 5.25. The average molecular weight is 478 g/mol. The van der Waals surface area contributed by atoms with Crippen molar-refractivity contribution in [3.8, 4) is 0 Å². The summed E-state index contributed by atoms with van der Waals surface area (Å²) < 4.78 is 21.9. The van der Waals surface area contributed by atoms with E-state index in [-0.39, 0.29) is 0 Å². The van der Waals surface area contributed by atoms with Gasteiger partial charge in [0.2, 0.25) is 0 Å². The normalized spacial score (nSPS) is 11.2. The molecule has 0 heterocycles. The second-order valence-corrected chi connectivity index (χ2v) is 12.2. The van der Waals surface area contributed by atoms with E-state index in [1.54, 1.807) is 0 Å². The van der Waals surface area contributed by atoms with Crippen LogP contribution in [0, 0.1) is 0 Å². The zero-order chi connectivity index (χ0) is 21.9. The quantitative estimate of drug-likeness (QED) is 0.371. The maximum absolute atomic E-state index is 5.85. The van der Waals surface area contributed by atoms with E-state index in [0.717, 1.165) is 0 Å². The van der Waals surface area contributed by atoms with Crippen molar-refractivity contribution < 1.29 is 14.2 Å². The number of ether oxygens (including phenoxy) is 3. The van der Waals surface area contributed by atoms with Crippen molar-refractivity contribution in [2.45, 2.75) is 40.6 Å². The predicted molar refractivity (Wildman–Crippen MR) is 130 cm³/mol. The zero-order valence-corrected chi connectivity index (χ0v) is 21.0. The summed E-state index contributed by atoms with van der Waals surface area (Å²) in [6.45, 7) is 10.2. The molecule has 0 saturated heterocycles. The van der Waals surface area contributed by atoms with Crippen LogP contribution in [0.4, 0.5) is 0 Å². The van der Waals surface area contributed by atoms with Crippen LogP contribution in [0.5, 0.6) is 0 Å². The van der Waals surface area contributed by atoms with Gasteiger partial charge in [-0.1, -0.05) is 0 Å². The SMILES string of the molecule is CCOCc1cccc[c]1[Ge]([c]1ccccc1COCC)[c]1ccccc1COCC. The Balaban J connectivity index is 2.18. The molecule has 0 aliphatic rings. The summed E-state index contributed by atoms with van der Waals surface area (Å²) in [6.07, 6.45) is 0. The van der Waals surface area contributed by atoms with E-state index in [1.807, 2.05) is 0 Å². The van der Waals surface area contributed by atoms with E-state index in [1.165, 1.54) is 29.9 Å². The number of benzene rings is 3. The van der Waals surface area contributed by atoms with Crippen molar-refractivity contribution in [1.29, 1.82) is 0 Å². The molecule has 1 radical (unpaired) electrons. The van der Waals surface area contributed by atoms with Crippen LogP contribution in [0.2, 0.25) is 0 Å². The van der Waals surface area contributed by atoms with Crippen molar-refractivity contribution in [2.75, 3.05) is 19.8 Å². The Morgan fingerprint density at radius 1 is 0.484 bits per heavy atom. The molecule has 3 aromatic rings. The van der Waals surface area contributed by atoms with Crippen LogP contribution < -0.4 is 13.2 Å². The Morgan fingerprint density at radius 2 is 0.774 bits per heavy atom. The van der Waals surface area contributed by atoms with Gasteiger partial charge in [-0.2, -0.15) is 0 Å². The molecule has 3 aromatic carbocycles. The van der Waals surface area contributed by atoms with E-state index < -0.39 is 14.3 Å². The zero-order valence-electron chi connectivity index (χ0n) is 18.9. The molecule has 3 nitrogen and oxygen atoms in total. The summed E-state index contributed by atoms with van der Waals surface area (Å²) in [4.78, 5) is 0. The first-order valence-electron chi connectivity index (χ1n) is 11.1. The summed E-state index contributed by atoms with van der Waals surface area (Å²) in [6, 6.07) is 26.4. The van der Waals surface area contributed by atoms with Gasteiger partial charge < -0.3 is 0 Å². The van der Waals surface area contributed by atoms with Gasteiger partial charge in [-0.15, -0.1) is 0 Å². The predicted octanol–water partition coefficient (Wildman–Crippen LogP) is 3.81. The molecule has 0 saturated carbocycles. The first kappa shape index (κ1) is 23.7. The van der Waals surface area contributed by atoms with Crippen molar-refractivity contribution in [3.63, 3.8) is 0 Å². The van der Waals surface area contributed by atoms with Crippen LogP contribution in [0.1, 0.15) is 37.5 Å². The number of hydrogen-bond donors (Lipinski definition) is 0. The number of rotatable bonds is 12. The van der Waals surface area contributed by atoms with Gasteiger partial charge in [-0.25, -0.2) is 0 Å². The Morgan fingerprint density at radius 3 is 1.06 bits per heavy atom. The van der Waals surface area contributed by atoms with E-state index >= 15 is 0 Å². The van der Waals surface area contributed by atoms with E-state index in [9.17, 15) is 0 Å². The fourth-order valence-corrected chi connectivity index (χ4v) is 10.2. The average Bonchev–Trinajstić information content (AvgIpc) is 2.82. The van der Waals surface area contributed by atoms with E-state index in [0.29, 0.717) is 39.6 Å². The Hall–Kier alpha value is -1.92. The molecule has 3 rings (SSSR count). The molecular weight excluding hydrogens is 445 g/mol. The molecule has 0 aliphatic carbocycles. The second kappa shape index (κ2) is 12.8. The molecule has 0 atom stereocenters. The second-order valence-electron chi connectivity index (χ2n) is 7.26. The molecule has 0 unspecified atom stereocenters. The van der Waals surface area contributed by atoms with Crippen LogP contribution in [0.25, 0.3) is 0 Å². The van der Waals surface area contributed by atoms with E-state index in [4.69, 9.17) is 14.2 Å². The minimum atomic E-state index is -2.17. The standard InChI is InChI=1S/C27H33GeO3/c1-4-29-19-22-13-7-10-16-25(22)28(26-17-11-8-14-23(26)20-30-5-2)27-18-12-9-15-24(27)21-31-6-3/h7-18H,4-6,19-21H2,1-3H3. The first-order chi connectivity index (χ1) is 15.3. The number of hydrogen-bond acceptors (Lipinski definition) is 3. The Kier molecular flexibility index (Phi) is 9.82. The third-order valence-corrected chi connectivity index (χ3v) is 11.7. The summed E-state index contributed by atoms with van der Waals surface area (Å²) in [7, 11) is 0. The molecule has 0 fully saturated rings. The molecule has 0 bridgehead atoms. The molecule has 31 heavy (non-hydrogen) atoms. The van der Waals surface area contributed by atoms with Gasteiger partial charge in [0, 0.05) is 0 Å². The topological polar surface area (TPSA) is 27.7 Å². The van der Waals surface area contributed by atoms with Gasteiger partial charge in [0.15, 0.2) is 0 Å². The van der Waals surface area contributed by atoms with Gasteiger partial charge in [-0.05, 0) is 0 Å². The van der Waals surface area contributed by atoms with Crippen LogP contribution in [-0.4, -0.2) is 34.2 Å². The van der Waals surface area contributed by atoms with Crippen molar-refractivity contribution >= 4 is 27.5 Å². The van der Waals surface area contributed by atoms with Crippen LogP contribution in [0.15, 0.2) is 72.8 Å². The van der Waals surface area contributed by atoms with Crippen molar-refractivity contribution in [1.82, 2.24) is 0 Å². The van der Waals surface area contributed by atoms with Crippen LogP contribution in [0.3, 0.4) is 0 Å². The summed E-state index contributed by atoms with van der Waals surface area (Å²) >= 11 is -2.17. The van der Waals surface area contributed by atoms with Gasteiger partial charge in [-0.3, -0.25) is 0 Å². The Labute approximate surface area is 191 Å². The maximum atomic E-state index is 5.85. The van der Waals surface area contributed by atoms with Gasteiger partial charge in [0.25, 0.3) is 0 Å². The summed E-state index contributed by atoms with van der Waals surface area (Å²) in [5.74, 6) is 0. The first-order valence-corrected chi connectivity index (χ1v) is 14.3. The molecule has 4 heteroatoms. The van der Waals surface area contributed by atoms with Gasteiger partial charge in [0.05, 0.1) is 0 Å². The fraction of sp³-hybridized carbons (Fsp3) is 0.333. The molecule has 0 spiro atoms. The molecule has 0 N–H and O–H groups in total. The monoisotopic (exact) mass is 479 g/mol. The van der Waals surface area contributed by atoms with Crippen LogP contribution >= 0.6 is 0 Å². The van der Waals surface area contributed by atoms with E-state index in [2.05, 4.69) is 93.6 Å². The molecule has 0 aromatic heterocycles.